The first-order valence-electron chi connectivity index (χ1n) is 5.05. The molecule has 1 saturated carbocycles. The van der Waals surface area contributed by atoms with Gasteiger partial charge in [0, 0.05) is 13.0 Å². The first-order valence-corrected chi connectivity index (χ1v) is 5.43. The average molecular weight is 215 g/mol. The Morgan fingerprint density at radius 1 is 1.50 bits per heavy atom. The Balaban J connectivity index is 2.28. The summed E-state index contributed by atoms with van der Waals surface area (Å²) in [6, 6.07) is 0. The summed E-state index contributed by atoms with van der Waals surface area (Å²) >= 11 is 6.05. The van der Waals surface area contributed by atoms with Crippen LogP contribution in [0.2, 0.25) is 5.02 Å². The normalized spacial score (nSPS) is 27.9. The summed E-state index contributed by atoms with van der Waals surface area (Å²) in [6.07, 6.45) is 5.58. The van der Waals surface area contributed by atoms with E-state index < -0.39 is 0 Å². The molecule has 2 atom stereocenters. The van der Waals surface area contributed by atoms with Crippen molar-refractivity contribution in [2.75, 3.05) is 0 Å². The van der Waals surface area contributed by atoms with Crippen molar-refractivity contribution < 1.29 is 5.11 Å². The summed E-state index contributed by atoms with van der Waals surface area (Å²) in [5, 5.41) is 14.7. The molecule has 3 nitrogen and oxygen atoms in total. The lowest BCUT2D eigenvalue weighted by atomic mass is 9.84. The van der Waals surface area contributed by atoms with Crippen LogP contribution in [0.15, 0.2) is 6.20 Å². The summed E-state index contributed by atoms with van der Waals surface area (Å²) in [7, 11) is 1.88. The van der Waals surface area contributed by atoms with E-state index in [1.807, 2.05) is 7.05 Å². The topological polar surface area (TPSA) is 38.0 Å². The standard InChI is InChI=1S/C10H15ClN2O/c1-13-10(8(11)6-12-13)7-4-2-3-5-9(7)14/h6-7,9,14H,2-5H2,1H3. The molecule has 1 N–H and O–H groups in total. The number of aromatic nitrogens is 2. The summed E-state index contributed by atoms with van der Waals surface area (Å²) in [5.41, 5.74) is 0.985. The summed E-state index contributed by atoms with van der Waals surface area (Å²) in [4.78, 5) is 0. The maximum Gasteiger partial charge on any atom is 0.0821 e. The predicted octanol–water partition coefficient (Wildman–Crippen LogP) is 2.09. The van der Waals surface area contributed by atoms with Crippen LogP contribution >= 0.6 is 11.6 Å². The monoisotopic (exact) mass is 214 g/mol. The predicted molar refractivity (Wildman–Crippen MR) is 55.4 cm³/mol. The summed E-state index contributed by atoms with van der Waals surface area (Å²) in [5.74, 6) is 0.170. The van der Waals surface area contributed by atoms with Crippen LogP contribution in [0.1, 0.15) is 37.3 Å². The minimum Gasteiger partial charge on any atom is -0.392 e. The molecule has 2 rings (SSSR count). The van der Waals surface area contributed by atoms with Crippen LogP contribution in [0.3, 0.4) is 0 Å². The molecule has 1 aliphatic carbocycles. The molecule has 0 radical (unpaired) electrons. The van der Waals surface area contributed by atoms with Crippen molar-refractivity contribution in [2.45, 2.75) is 37.7 Å². The second kappa shape index (κ2) is 3.91. The van der Waals surface area contributed by atoms with E-state index in [1.54, 1.807) is 10.9 Å². The molecule has 14 heavy (non-hydrogen) atoms. The van der Waals surface area contributed by atoms with Gasteiger partial charge in [0.1, 0.15) is 0 Å². The number of aliphatic hydroxyl groups excluding tert-OH is 1. The van der Waals surface area contributed by atoms with Crippen LogP contribution in [0.5, 0.6) is 0 Å². The first-order chi connectivity index (χ1) is 6.70. The Kier molecular flexibility index (Phi) is 2.79. The molecule has 1 aromatic heterocycles. The second-order valence-electron chi connectivity index (χ2n) is 3.96. The minimum absolute atomic E-state index is 0.170. The fraction of sp³-hybridized carbons (Fsp3) is 0.700. The molecule has 0 spiro atoms. The SMILES string of the molecule is Cn1ncc(Cl)c1C1CCCCC1O. The molecule has 1 heterocycles. The molecule has 4 heteroatoms. The van der Waals surface area contributed by atoms with E-state index in [9.17, 15) is 5.11 Å². The maximum absolute atomic E-state index is 9.89. The van der Waals surface area contributed by atoms with Crippen LogP contribution in [0.25, 0.3) is 0 Å². The van der Waals surface area contributed by atoms with Crippen molar-refractivity contribution in [3.63, 3.8) is 0 Å². The Morgan fingerprint density at radius 3 is 2.79 bits per heavy atom. The van der Waals surface area contributed by atoms with Gasteiger partial charge in [0.25, 0.3) is 0 Å². The highest BCUT2D eigenvalue weighted by molar-refractivity contribution is 6.31. The van der Waals surface area contributed by atoms with Gasteiger partial charge in [-0.25, -0.2) is 0 Å². The van der Waals surface area contributed by atoms with Gasteiger partial charge in [0.15, 0.2) is 0 Å². The highest BCUT2D eigenvalue weighted by atomic mass is 35.5. The van der Waals surface area contributed by atoms with Crippen LogP contribution in [0.4, 0.5) is 0 Å². The van der Waals surface area contributed by atoms with E-state index in [1.165, 1.54) is 6.42 Å². The van der Waals surface area contributed by atoms with Gasteiger partial charge in [0.2, 0.25) is 0 Å². The molecule has 0 aliphatic heterocycles. The molecule has 1 aliphatic rings. The molecule has 2 unspecified atom stereocenters. The van der Waals surface area contributed by atoms with Gasteiger partial charge in [-0.1, -0.05) is 24.4 Å². The van der Waals surface area contributed by atoms with E-state index in [0.29, 0.717) is 5.02 Å². The highest BCUT2D eigenvalue weighted by Gasteiger charge is 2.28. The summed E-state index contributed by atoms with van der Waals surface area (Å²) in [6.45, 7) is 0. The molecular formula is C10H15ClN2O. The fourth-order valence-electron chi connectivity index (χ4n) is 2.27. The minimum atomic E-state index is -0.253. The van der Waals surface area contributed by atoms with Crippen molar-refractivity contribution in [1.82, 2.24) is 9.78 Å². The van der Waals surface area contributed by atoms with Gasteiger partial charge in [-0.3, -0.25) is 4.68 Å². The Bertz CT molecular complexity index is 304. The van der Waals surface area contributed by atoms with Crippen LogP contribution in [-0.2, 0) is 7.05 Å². The van der Waals surface area contributed by atoms with E-state index in [0.717, 1.165) is 25.0 Å². The van der Waals surface area contributed by atoms with Gasteiger partial charge in [-0.2, -0.15) is 5.10 Å². The van der Waals surface area contributed by atoms with Gasteiger partial charge >= 0.3 is 0 Å². The van der Waals surface area contributed by atoms with Crippen molar-refractivity contribution in [3.05, 3.63) is 16.9 Å². The molecule has 1 aromatic rings. The number of hydrogen-bond acceptors (Lipinski definition) is 2. The fourth-order valence-corrected chi connectivity index (χ4v) is 2.57. The zero-order valence-corrected chi connectivity index (χ0v) is 9.04. The van der Waals surface area contributed by atoms with Crippen molar-refractivity contribution in [3.8, 4) is 0 Å². The third-order valence-electron chi connectivity index (χ3n) is 3.02. The third kappa shape index (κ3) is 1.66. The van der Waals surface area contributed by atoms with Crippen LogP contribution in [-0.4, -0.2) is 21.0 Å². The number of aryl methyl sites for hydroxylation is 1. The van der Waals surface area contributed by atoms with Gasteiger partial charge in [-0.15, -0.1) is 0 Å². The summed E-state index contributed by atoms with van der Waals surface area (Å²) < 4.78 is 1.78. The Labute approximate surface area is 88.7 Å². The van der Waals surface area contributed by atoms with Gasteiger partial charge < -0.3 is 5.11 Å². The lowest BCUT2D eigenvalue weighted by molar-refractivity contribution is 0.103. The number of nitrogens with zero attached hydrogens (tertiary/aromatic N) is 2. The molecular weight excluding hydrogens is 200 g/mol. The quantitative estimate of drug-likeness (QED) is 0.778. The first kappa shape index (κ1) is 9.99. The molecule has 1 fully saturated rings. The smallest absolute Gasteiger partial charge is 0.0821 e. The number of aliphatic hydroxyl groups is 1. The highest BCUT2D eigenvalue weighted by Crippen LogP contribution is 2.35. The van der Waals surface area contributed by atoms with E-state index in [-0.39, 0.29) is 12.0 Å². The van der Waals surface area contributed by atoms with E-state index >= 15 is 0 Å². The second-order valence-corrected chi connectivity index (χ2v) is 4.37. The van der Waals surface area contributed by atoms with E-state index in [2.05, 4.69) is 5.10 Å². The zero-order chi connectivity index (χ0) is 10.1. The average Bonchev–Trinajstić information content (AvgIpc) is 2.48. The maximum atomic E-state index is 9.89. The molecule has 0 amide bonds. The van der Waals surface area contributed by atoms with Crippen LogP contribution in [0, 0.1) is 0 Å². The van der Waals surface area contributed by atoms with Crippen LogP contribution < -0.4 is 0 Å². The number of rotatable bonds is 1. The molecule has 0 aromatic carbocycles. The molecule has 0 saturated heterocycles. The Morgan fingerprint density at radius 2 is 2.21 bits per heavy atom. The lowest BCUT2D eigenvalue weighted by Crippen LogP contribution is -2.24. The van der Waals surface area contributed by atoms with Crippen molar-refractivity contribution in [2.24, 2.45) is 7.05 Å². The van der Waals surface area contributed by atoms with Gasteiger partial charge in [-0.05, 0) is 12.8 Å². The van der Waals surface area contributed by atoms with Gasteiger partial charge in [0.05, 0.1) is 23.0 Å². The number of halogens is 1. The molecule has 0 bridgehead atoms. The zero-order valence-electron chi connectivity index (χ0n) is 8.28. The third-order valence-corrected chi connectivity index (χ3v) is 3.31. The largest absolute Gasteiger partial charge is 0.392 e. The van der Waals surface area contributed by atoms with Crippen molar-refractivity contribution >= 4 is 11.6 Å². The lowest BCUT2D eigenvalue weighted by Gasteiger charge is -2.27. The van der Waals surface area contributed by atoms with Crippen molar-refractivity contribution in [1.29, 1.82) is 0 Å². The van der Waals surface area contributed by atoms with E-state index in [4.69, 9.17) is 11.6 Å². The number of hydrogen-bond donors (Lipinski definition) is 1. The molecule has 78 valence electrons. The Hall–Kier alpha value is -0.540.